The van der Waals surface area contributed by atoms with Crippen LogP contribution in [0.2, 0.25) is 0 Å². The zero-order valence-electron chi connectivity index (χ0n) is 14.3. The van der Waals surface area contributed by atoms with Crippen molar-refractivity contribution in [1.29, 1.82) is 0 Å². The van der Waals surface area contributed by atoms with Crippen molar-refractivity contribution in [2.24, 2.45) is 17.3 Å². The first-order chi connectivity index (χ1) is 9.56. The van der Waals surface area contributed by atoms with E-state index in [0.717, 1.165) is 17.9 Å². The zero-order valence-corrected chi connectivity index (χ0v) is 14.3. The monoisotopic (exact) mass is 280 g/mol. The Morgan fingerprint density at radius 1 is 1.20 bits per heavy atom. The van der Waals surface area contributed by atoms with Gasteiger partial charge in [0, 0.05) is 19.1 Å². The minimum atomic E-state index is 0.486. The summed E-state index contributed by atoms with van der Waals surface area (Å²) in [5, 5.41) is 3.86. The Bertz CT molecular complexity index is 287. The molecule has 2 rings (SSSR count). The summed E-state index contributed by atoms with van der Waals surface area (Å²) in [6, 6.07) is 0.726. The van der Waals surface area contributed by atoms with Crippen LogP contribution in [-0.4, -0.2) is 37.1 Å². The molecule has 2 aliphatic rings. The van der Waals surface area contributed by atoms with Gasteiger partial charge in [0.25, 0.3) is 0 Å². The number of likely N-dealkylation sites (tertiary alicyclic amines) is 1. The maximum Gasteiger partial charge on any atom is 0.0159 e. The standard InChI is InChI=1S/C18H36N2/c1-5-11-19-17-16(9-10-18(17,3)4)14-20-12-7-8-15(6-2)13-20/h15-17,19H,5-14H2,1-4H3. The lowest BCUT2D eigenvalue weighted by Crippen LogP contribution is -2.47. The van der Waals surface area contributed by atoms with Crippen molar-refractivity contribution in [2.45, 2.75) is 72.3 Å². The highest BCUT2D eigenvalue weighted by molar-refractivity contribution is 4.97. The Balaban J connectivity index is 1.90. The minimum absolute atomic E-state index is 0.486. The maximum absolute atomic E-state index is 3.86. The molecule has 0 aromatic heterocycles. The molecule has 0 radical (unpaired) electrons. The van der Waals surface area contributed by atoms with Crippen molar-refractivity contribution in [1.82, 2.24) is 10.2 Å². The second-order valence-electron chi connectivity index (χ2n) is 7.90. The molecule has 2 nitrogen and oxygen atoms in total. The van der Waals surface area contributed by atoms with Gasteiger partial charge >= 0.3 is 0 Å². The summed E-state index contributed by atoms with van der Waals surface area (Å²) in [7, 11) is 0. The Morgan fingerprint density at radius 2 is 2.00 bits per heavy atom. The van der Waals surface area contributed by atoms with Crippen molar-refractivity contribution in [3.05, 3.63) is 0 Å². The van der Waals surface area contributed by atoms with Crippen LogP contribution in [0.3, 0.4) is 0 Å². The van der Waals surface area contributed by atoms with E-state index in [9.17, 15) is 0 Å². The van der Waals surface area contributed by atoms with Crippen LogP contribution in [0.1, 0.15) is 66.2 Å². The van der Waals surface area contributed by atoms with Gasteiger partial charge in [0.2, 0.25) is 0 Å². The van der Waals surface area contributed by atoms with E-state index in [-0.39, 0.29) is 0 Å². The molecule has 1 aliphatic carbocycles. The third-order valence-electron chi connectivity index (χ3n) is 5.76. The van der Waals surface area contributed by atoms with Gasteiger partial charge in [0.15, 0.2) is 0 Å². The van der Waals surface area contributed by atoms with E-state index in [1.807, 2.05) is 0 Å². The fraction of sp³-hybridized carbons (Fsp3) is 1.00. The molecule has 3 atom stereocenters. The molecule has 1 heterocycles. The summed E-state index contributed by atoms with van der Waals surface area (Å²) >= 11 is 0. The number of nitrogens with zero attached hydrogens (tertiary/aromatic N) is 1. The fourth-order valence-corrected chi connectivity index (χ4v) is 4.44. The Kier molecular flexibility index (Phi) is 5.92. The molecule has 20 heavy (non-hydrogen) atoms. The zero-order chi connectivity index (χ0) is 14.6. The van der Waals surface area contributed by atoms with E-state index < -0.39 is 0 Å². The van der Waals surface area contributed by atoms with Gasteiger partial charge < -0.3 is 10.2 Å². The smallest absolute Gasteiger partial charge is 0.0159 e. The van der Waals surface area contributed by atoms with E-state index in [1.54, 1.807) is 0 Å². The van der Waals surface area contributed by atoms with Gasteiger partial charge in [0.1, 0.15) is 0 Å². The highest BCUT2D eigenvalue weighted by Crippen LogP contribution is 2.42. The lowest BCUT2D eigenvalue weighted by atomic mass is 9.84. The number of nitrogens with one attached hydrogen (secondary N) is 1. The van der Waals surface area contributed by atoms with E-state index in [4.69, 9.17) is 0 Å². The molecule has 2 heteroatoms. The summed E-state index contributed by atoms with van der Waals surface area (Å²) in [6.07, 6.45) is 8.30. The normalized spacial score (nSPS) is 34.5. The van der Waals surface area contributed by atoms with Crippen LogP contribution in [0.4, 0.5) is 0 Å². The largest absolute Gasteiger partial charge is 0.313 e. The SMILES string of the molecule is CCCNC1C(CN2CCCC(CC)C2)CCC1(C)C. The van der Waals surface area contributed by atoms with Gasteiger partial charge in [-0.05, 0) is 62.4 Å². The molecule has 0 spiro atoms. The highest BCUT2D eigenvalue weighted by Gasteiger charge is 2.42. The van der Waals surface area contributed by atoms with Gasteiger partial charge in [-0.3, -0.25) is 0 Å². The van der Waals surface area contributed by atoms with Gasteiger partial charge in [-0.2, -0.15) is 0 Å². The molecule has 1 N–H and O–H groups in total. The molecule has 1 saturated heterocycles. The summed E-state index contributed by atoms with van der Waals surface area (Å²) in [4.78, 5) is 2.77. The minimum Gasteiger partial charge on any atom is -0.313 e. The Hall–Kier alpha value is -0.0800. The number of rotatable bonds is 6. The second kappa shape index (κ2) is 7.26. The van der Waals surface area contributed by atoms with Crippen molar-refractivity contribution in [3.8, 4) is 0 Å². The molecule has 0 bridgehead atoms. The average Bonchev–Trinajstić information content (AvgIpc) is 2.72. The van der Waals surface area contributed by atoms with Crippen LogP contribution < -0.4 is 5.32 Å². The lowest BCUT2D eigenvalue weighted by Gasteiger charge is -2.37. The number of hydrogen-bond donors (Lipinski definition) is 1. The molecule has 0 amide bonds. The van der Waals surface area contributed by atoms with Crippen LogP contribution >= 0.6 is 0 Å². The van der Waals surface area contributed by atoms with Crippen molar-refractivity contribution in [2.75, 3.05) is 26.2 Å². The molecule has 3 unspecified atom stereocenters. The molecule has 1 aliphatic heterocycles. The summed E-state index contributed by atoms with van der Waals surface area (Å²) in [5.74, 6) is 1.83. The van der Waals surface area contributed by atoms with Crippen molar-refractivity contribution < 1.29 is 0 Å². The van der Waals surface area contributed by atoms with Gasteiger partial charge in [-0.1, -0.05) is 34.1 Å². The summed E-state index contributed by atoms with van der Waals surface area (Å²) < 4.78 is 0. The van der Waals surface area contributed by atoms with Gasteiger partial charge in [-0.15, -0.1) is 0 Å². The van der Waals surface area contributed by atoms with Crippen LogP contribution in [0.15, 0.2) is 0 Å². The first-order valence-corrected chi connectivity index (χ1v) is 9.02. The predicted molar refractivity (Wildman–Crippen MR) is 88.0 cm³/mol. The highest BCUT2D eigenvalue weighted by atomic mass is 15.1. The van der Waals surface area contributed by atoms with Gasteiger partial charge in [-0.25, -0.2) is 0 Å². The van der Waals surface area contributed by atoms with Crippen LogP contribution in [0.5, 0.6) is 0 Å². The third kappa shape index (κ3) is 3.98. The molecule has 2 fully saturated rings. The fourth-order valence-electron chi connectivity index (χ4n) is 4.44. The lowest BCUT2D eigenvalue weighted by molar-refractivity contribution is 0.131. The topological polar surface area (TPSA) is 15.3 Å². The Labute approximate surface area is 126 Å². The van der Waals surface area contributed by atoms with Crippen LogP contribution in [0.25, 0.3) is 0 Å². The quantitative estimate of drug-likeness (QED) is 0.793. The summed E-state index contributed by atoms with van der Waals surface area (Å²) in [6.45, 7) is 14.8. The first-order valence-electron chi connectivity index (χ1n) is 9.02. The maximum atomic E-state index is 3.86. The van der Waals surface area contributed by atoms with Crippen molar-refractivity contribution >= 4 is 0 Å². The van der Waals surface area contributed by atoms with E-state index >= 15 is 0 Å². The first kappa shape index (κ1) is 16.3. The third-order valence-corrected chi connectivity index (χ3v) is 5.76. The average molecular weight is 280 g/mol. The molecular formula is C18H36N2. The van der Waals surface area contributed by atoms with Crippen LogP contribution in [0, 0.1) is 17.3 Å². The molecule has 1 saturated carbocycles. The molecule has 118 valence electrons. The predicted octanol–water partition coefficient (Wildman–Crippen LogP) is 3.91. The van der Waals surface area contributed by atoms with Gasteiger partial charge in [0.05, 0.1) is 0 Å². The molecule has 0 aromatic rings. The van der Waals surface area contributed by atoms with E-state index in [2.05, 4.69) is 37.9 Å². The number of piperidine rings is 1. The van der Waals surface area contributed by atoms with Crippen molar-refractivity contribution in [3.63, 3.8) is 0 Å². The number of hydrogen-bond acceptors (Lipinski definition) is 2. The second-order valence-corrected chi connectivity index (χ2v) is 7.90. The van der Waals surface area contributed by atoms with E-state index in [1.165, 1.54) is 64.7 Å². The van der Waals surface area contributed by atoms with E-state index in [0.29, 0.717) is 5.41 Å². The van der Waals surface area contributed by atoms with Crippen LogP contribution in [-0.2, 0) is 0 Å². The molecule has 0 aromatic carbocycles. The molecular weight excluding hydrogens is 244 g/mol. The summed E-state index contributed by atoms with van der Waals surface area (Å²) in [5.41, 5.74) is 0.486. The Morgan fingerprint density at radius 3 is 2.70 bits per heavy atom.